The summed E-state index contributed by atoms with van der Waals surface area (Å²) in [5.41, 5.74) is 7.95. The van der Waals surface area contributed by atoms with E-state index < -0.39 is 10.0 Å². The topological polar surface area (TPSA) is 121 Å². The highest BCUT2D eigenvalue weighted by atomic mass is 32.2. The molecular formula is C19H21N7O3S. The van der Waals surface area contributed by atoms with Crippen LogP contribution in [0.5, 0.6) is 0 Å². The number of para-hydroxylation sites is 2. The normalized spacial score (nSPS) is 17.8. The average Bonchev–Trinajstić information content (AvgIpc) is 3.27. The molecule has 1 fully saturated rings. The Morgan fingerprint density at radius 2 is 1.97 bits per heavy atom. The van der Waals surface area contributed by atoms with Gasteiger partial charge in [-0.15, -0.1) is 0 Å². The molecule has 4 aromatic rings. The number of anilines is 2. The minimum atomic E-state index is -3.56. The highest BCUT2D eigenvalue weighted by Gasteiger charge is 2.26. The molecule has 0 amide bonds. The van der Waals surface area contributed by atoms with Crippen molar-refractivity contribution in [3.63, 3.8) is 0 Å². The number of nitrogen functional groups attached to an aromatic ring is 1. The Bertz CT molecular complexity index is 1380. The second kappa shape index (κ2) is 6.67. The van der Waals surface area contributed by atoms with Crippen LogP contribution < -0.4 is 10.6 Å². The van der Waals surface area contributed by atoms with Crippen LogP contribution in [-0.2, 0) is 14.8 Å². The van der Waals surface area contributed by atoms with Gasteiger partial charge in [-0.3, -0.25) is 0 Å². The Balaban J connectivity index is 1.83. The summed E-state index contributed by atoms with van der Waals surface area (Å²) in [7, 11) is -3.56. The average molecular weight is 427 g/mol. The Hall–Kier alpha value is -3.18. The van der Waals surface area contributed by atoms with Gasteiger partial charge in [-0.2, -0.15) is 9.97 Å². The molecule has 3 aromatic heterocycles. The number of hydrogen-bond donors (Lipinski definition) is 1. The third-order valence-electron chi connectivity index (χ3n) is 5.26. The van der Waals surface area contributed by atoms with Crippen molar-refractivity contribution in [1.82, 2.24) is 23.5 Å². The van der Waals surface area contributed by atoms with Gasteiger partial charge < -0.3 is 15.4 Å². The lowest BCUT2D eigenvalue weighted by Gasteiger charge is -2.34. The Morgan fingerprint density at radius 3 is 2.73 bits per heavy atom. The van der Waals surface area contributed by atoms with Crippen molar-refractivity contribution in [2.75, 3.05) is 36.6 Å². The maximum Gasteiger partial charge on any atom is 0.241 e. The molecule has 1 aromatic carbocycles. The van der Waals surface area contributed by atoms with E-state index in [2.05, 4.69) is 14.9 Å². The highest BCUT2D eigenvalue weighted by molar-refractivity contribution is 7.89. The molecule has 0 unspecified atom stereocenters. The van der Waals surface area contributed by atoms with Gasteiger partial charge in [0, 0.05) is 12.7 Å². The van der Waals surface area contributed by atoms with E-state index in [-0.39, 0.29) is 17.9 Å². The van der Waals surface area contributed by atoms with Crippen LogP contribution in [0.4, 0.5) is 11.8 Å². The number of aromatic nitrogens is 5. The predicted molar refractivity (Wildman–Crippen MR) is 114 cm³/mol. The predicted octanol–water partition coefficient (Wildman–Crippen LogP) is 1.39. The molecule has 30 heavy (non-hydrogen) atoms. The Morgan fingerprint density at radius 1 is 1.17 bits per heavy atom. The molecule has 0 spiro atoms. The fourth-order valence-electron chi connectivity index (χ4n) is 3.85. The molecule has 156 valence electrons. The molecule has 11 heteroatoms. The summed E-state index contributed by atoms with van der Waals surface area (Å²) in [6.07, 6.45) is 2.65. The van der Waals surface area contributed by atoms with E-state index in [9.17, 15) is 8.42 Å². The first-order valence-corrected chi connectivity index (χ1v) is 11.4. The number of imidazole rings is 1. The third-order valence-corrected chi connectivity index (χ3v) is 6.27. The Labute approximate surface area is 173 Å². The first kappa shape index (κ1) is 18.8. The number of benzene rings is 1. The number of ether oxygens (including phenoxy) is 1. The molecule has 2 N–H and O–H groups in total. The number of morpholine rings is 1. The van der Waals surface area contributed by atoms with Crippen molar-refractivity contribution in [2.45, 2.75) is 13.0 Å². The molecule has 5 rings (SSSR count). The monoisotopic (exact) mass is 427 g/mol. The summed E-state index contributed by atoms with van der Waals surface area (Å²) in [5, 5.41) is 0.654. The second-order valence-electron chi connectivity index (χ2n) is 7.37. The molecule has 4 heterocycles. The summed E-state index contributed by atoms with van der Waals surface area (Å²) in [5.74, 6) is 1.14. The first-order valence-electron chi connectivity index (χ1n) is 9.52. The van der Waals surface area contributed by atoms with Crippen molar-refractivity contribution in [1.29, 1.82) is 0 Å². The van der Waals surface area contributed by atoms with Gasteiger partial charge >= 0.3 is 0 Å². The van der Waals surface area contributed by atoms with E-state index in [0.717, 1.165) is 15.7 Å². The molecular weight excluding hydrogens is 406 g/mol. The van der Waals surface area contributed by atoms with Crippen molar-refractivity contribution >= 4 is 43.9 Å². The zero-order valence-electron chi connectivity index (χ0n) is 16.6. The summed E-state index contributed by atoms with van der Waals surface area (Å²) < 4.78 is 33.1. The fourth-order valence-corrected chi connectivity index (χ4v) is 4.58. The van der Waals surface area contributed by atoms with E-state index in [1.807, 2.05) is 31.2 Å². The van der Waals surface area contributed by atoms with Crippen molar-refractivity contribution in [3.05, 3.63) is 36.5 Å². The van der Waals surface area contributed by atoms with Gasteiger partial charge in [0.2, 0.25) is 21.9 Å². The fraction of sp³-hybridized carbons (Fsp3) is 0.316. The summed E-state index contributed by atoms with van der Waals surface area (Å²) >= 11 is 0. The first-order chi connectivity index (χ1) is 14.3. The van der Waals surface area contributed by atoms with E-state index in [1.165, 1.54) is 6.20 Å². The Kier molecular flexibility index (Phi) is 4.19. The number of hydrogen-bond acceptors (Lipinski definition) is 8. The molecule has 0 radical (unpaired) electrons. The van der Waals surface area contributed by atoms with E-state index in [4.69, 9.17) is 15.5 Å². The number of nitrogens with two attached hydrogens (primary N) is 1. The van der Waals surface area contributed by atoms with Crippen LogP contribution >= 0.6 is 0 Å². The van der Waals surface area contributed by atoms with Crippen LogP contribution in [0, 0.1) is 0 Å². The maximum absolute atomic E-state index is 12.4. The minimum absolute atomic E-state index is 0.0724. The van der Waals surface area contributed by atoms with Crippen molar-refractivity contribution < 1.29 is 13.2 Å². The van der Waals surface area contributed by atoms with E-state index in [0.29, 0.717) is 42.1 Å². The zero-order valence-corrected chi connectivity index (χ0v) is 17.4. The van der Waals surface area contributed by atoms with Gasteiger partial charge in [0.05, 0.1) is 41.9 Å². The van der Waals surface area contributed by atoms with E-state index in [1.54, 1.807) is 10.6 Å². The van der Waals surface area contributed by atoms with E-state index >= 15 is 0 Å². The van der Waals surface area contributed by atoms with Gasteiger partial charge in [-0.05, 0) is 25.1 Å². The lowest BCUT2D eigenvalue weighted by Crippen LogP contribution is -2.44. The molecule has 0 saturated carbocycles. The molecule has 1 saturated heterocycles. The van der Waals surface area contributed by atoms with Gasteiger partial charge in [-0.1, -0.05) is 12.1 Å². The summed E-state index contributed by atoms with van der Waals surface area (Å²) in [4.78, 5) is 15.9. The number of nitrogens with zero attached hydrogens (tertiary/aromatic N) is 6. The van der Waals surface area contributed by atoms with Crippen LogP contribution in [-0.4, -0.2) is 64.0 Å². The SMILES string of the molecule is C[C@@H]1COCCN1c1nc(-n2c(N)nc3ccccc32)nc2c1ccn2S(C)(=O)=O. The molecule has 0 bridgehead atoms. The molecule has 1 aliphatic heterocycles. The number of rotatable bonds is 3. The zero-order chi connectivity index (χ0) is 21.0. The van der Waals surface area contributed by atoms with Gasteiger partial charge in [0.1, 0.15) is 5.82 Å². The lowest BCUT2D eigenvalue weighted by atomic mass is 10.2. The standard InChI is InChI=1S/C19H21N7O3S/c1-12-11-29-10-9-24(12)16-13-7-8-25(30(2,27)28)17(13)23-19(22-16)26-15-6-4-3-5-14(15)21-18(26)20/h3-8,12H,9-11H2,1-2H3,(H2,20,21)/t12-/m1/s1. The van der Waals surface area contributed by atoms with Gasteiger partial charge in [0.15, 0.2) is 5.65 Å². The van der Waals surface area contributed by atoms with Crippen LogP contribution in [0.15, 0.2) is 36.5 Å². The summed E-state index contributed by atoms with van der Waals surface area (Å²) in [6, 6.07) is 9.28. The highest BCUT2D eigenvalue weighted by Crippen LogP contribution is 2.31. The van der Waals surface area contributed by atoms with Crippen molar-refractivity contribution in [3.8, 4) is 5.95 Å². The quantitative estimate of drug-likeness (QED) is 0.521. The minimum Gasteiger partial charge on any atom is -0.377 e. The van der Waals surface area contributed by atoms with Crippen LogP contribution in [0.25, 0.3) is 28.0 Å². The van der Waals surface area contributed by atoms with Gasteiger partial charge in [0.25, 0.3) is 0 Å². The largest absolute Gasteiger partial charge is 0.377 e. The van der Waals surface area contributed by atoms with Crippen LogP contribution in [0.3, 0.4) is 0 Å². The maximum atomic E-state index is 12.4. The molecule has 1 atom stereocenters. The molecule has 0 aliphatic carbocycles. The van der Waals surface area contributed by atoms with Crippen molar-refractivity contribution in [2.24, 2.45) is 0 Å². The van der Waals surface area contributed by atoms with Crippen LogP contribution in [0.1, 0.15) is 6.92 Å². The smallest absolute Gasteiger partial charge is 0.241 e. The van der Waals surface area contributed by atoms with Crippen LogP contribution in [0.2, 0.25) is 0 Å². The third kappa shape index (κ3) is 2.89. The summed E-state index contributed by atoms with van der Waals surface area (Å²) in [6.45, 7) is 3.80. The molecule has 1 aliphatic rings. The van der Waals surface area contributed by atoms with Gasteiger partial charge in [-0.25, -0.2) is 21.9 Å². The number of fused-ring (bicyclic) bond motifs is 2. The molecule has 10 nitrogen and oxygen atoms in total. The second-order valence-corrected chi connectivity index (χ2v) is 9.23. The lowest BCUT2D eigenvalue weighted by molar-refractivity contribution is 0.0987.